The van der Waals surface area contributed by atoms with Crippen LogP contribution in [0.15, 0.2) is 18.2 Å². The zero-order valence-electron chi connectivity index (χ0n) is 11.1. The summed E-state index contributed by atoms with van der Waals surface area (Å²) in [6.07, 6.45) is 4.96. The molecule has 1 aliphatic rings. The van der Waals surface area contributed by atoms with Crippen LogP contribution >= 0.6 is 11.6 Å². The van der Waals surface area contributed by atoms with Gasteiger partial charge in [-0.15, -0.1) is 11.6 Å². The fourth-order valence-corrected chi connectivity index (χ4v) is 3.14. The van der Waals surface area contributed by atoms with Gasteiger partial charge in [-0.05, 0) is 36.5 Å². The Labute approximate surface area is 114 Å². The van der Waals surface area contributed by atoms with E-state index in [4.69, 9.17) is 11.6 Å². The largest absolute Gasteiger partial charge is 0.369 e. The molecule has 1 fully saturated rings. The van der Waals surface area contributed by atoms with E-state index in [2.05, 4.69) is 11.8 Å². The highest BCUT2D eigenvalue weighted by Crippen LogP contribution is 2.31. The van der Waals surface area contributed by atoms with Gasteiger partial charge in [-0.25, -0.2) is 4.39 Å². The van der Waals surface area contributed by atoms with Gasteiger partial charge in [0.25, 0.3) is 0 Å². The molecule has 0 amide bonds. The molecular weight excluding hydrogens is 249 g/mol. The highest BCUT2D eigenvalue weighted by Gasteiger charge is 2.26. The molecule has 0 aromatic heterocycles. The molecule has 0 spiro atoms. The zero-order chi connectivity index (χ0) is 13.1. The number of hydrogen-bond acceptors (Lipinski definition) is 1. The lowest BCUT2D eigenvalue weighted by atomic mass is 9.85. The number of nitrogens with zero attached hydrogens (tertiary/aromatic N) is 1. The van der Waals surface area contributed by atoms with Gasteiger partial charge in [0.2, 0.25) is 0 Å². The number of hydrogen-bond donors (Lipinski definition) is 0. The molecule has 0 radical (unpaired) electrons. The predicted octanol–water partition coefficient (Wildman–Crippen LogP) is 4.58. The Bertz CT molecular complexity index is 407. The van der Waals surface area contributed by atoms with Crippen molar-refractivity contribution in [3.63, 3.8) is 0 Å². The molecule has 1 aromatic rings. The van der Waals surface area contributed by atoms with E-state index in [1.165, 1.54) is 19.3 Å². The smallest absolute Gasteiger partial charge is 0.146 e. The fourth-order valence-electron chi connectivity index (χ4n) is 2.97. The lowest BCUT2D eigenvalue weighted by molar-refractivity contribution is 0.320. The monoisotopic (exact) mass is 269 g/mol. The van der Waals surface area contributed by atoms with Crippen molar-refractivity contribution in [2.75, 3.05) is 11.9 Å². The number of alkyl halides is 1. The average molecular weight is 270 g/mol. The molecule has 1 nitrogen and oxygen atoms in total. The third-order valence-corrected chi connectivity index (χ3v) is 4.42. The summed E-state index contributed by atoms with van der Waals surface area (Å²) in [5, 5.41) is 0. The van der Waals surface area contributed by atoms with Crippen molar-refractivity contribution in [2.24, 2.45) is 5.92 Å². The normalized spacial score (nSPS) is 24.0. The molecule has 1 saturated carbocycles. The summed E-state index contributed by atoms with van der Waals surface area (Å²) >= 11 is 5.72. The van der Waals surface area contributed by atoms with Gasteiger partial charge in [0.15, 0.2) is 0 Å². The topological polar surface area (TPSA) is 3.24 Å². The first-order valence-corrected chi connectivity index (χ1v) is 7.24. The van der Waals surface area contributed by atoms with Gasteiger partial charge in [-0.1, -0.05) is 25.8 Å². The summed E-state index contributed by atoms with van der Waals surface area (Å²) in [6.45, 7) is 2.27. The number of benzene rings is 1. The lowest BCUT2D eigenvalue weighted by Crippen LogP contribution is -2.39. The van der Waals surface area contributed by atoms with E-state index in [9.17, 15) is 4.39 Å². The van der Waals surface area contributed by atoms with E-state index in [0.717, 1.165) is 12.0 Å². The molecular formula is C15H21ClFN. The van der Waals surface area contributed by atoms with Crippen LogP contribution in [0.2, 0.25) is 0 Å². The van der Waals surface area contributed by atoms with E-state index in [1.54, 1.807) is 6.07 Å². The molecule has 1 aliphatic carbocycles. The van der Waals surface area contributed by atoms with Gasteiger partial charge in [0, 0.05) is 19.0 Å². The van der Waals surface area contributed by atoms with Crippen molar-refractivity contribution in [2.45, 2.75) is 44.5 Å². The highest BCUT2D eigenvalue weighted by molar-refractivity contribution is 6.17. The van der Waals surface area contributed by atoms with Gasteiger partial charge in [-0.2, -0.15) is 0 Å². The summed E-state index contributed by atoms with van der Waals surface area (Å²) in [5.74, 6) is 0.838. The Morgan fingerprint density at radius 2 is 2.06 bits per heavy atom. The minimum atomic E-state index is -0.159. The maximum Gasteiger partial charge on any atom is 0.146 e. The average Bonchev–Trinajstić information content (AvgIpc) is 2.38. The summed E-state index contributed by atoms with van der Waals surface area (Å²) in [7, 11) is 2.01. The van der Waals surface area contributed by atoms with Crippen LogP contribution in [0.25, 0.3) is 0 Å². The first-order chi connectivity index (χ1) is 8.63. The van der Waals surface area contributed by atoms with Crippen molar-refractivity contribution < 1.29 is 4.39 Å². The minimum absolute atomic E-state index is 0.159. The minimum Gasteiger partial charge on any atom is -0.369 e. The summed E-state index contributed by atoms with van der Waals surface area (Å²) < 4.78 is 14.1. The number of anilines is 1. The summed E-state index contributed by atoms with van der Waals surface area (Å²) in [4.78, 5) is 2.11. The quantitative estimate of drug-likeness (QED) is 0.726. The number of rotatable bonds is 3. The second-order valence-corrected chi connectivity index (χ2v) is 5.63. The number of halogens is 2. The van der Waals surface area contributed by atoms with Crippen LogP contribution in [-0.2, 0) is 5.88 Å². The maximum absolute atomic E-state index is 14.1. The van der Waals surface area contributed by atoms with Crippen LogP contribution in [0, 0.1) is 11.7 Å². The van der Waals surface area contributed by atoms with Crippen LogP contribution in [0.3, 0.4) is 0 Å². The second kappa shape index (κ2) is 5.92. The fraction of sp³-hybridized carbons (Fsp3) is 0.600. The first-order valence-electron chi connectivity index (χ1n) is 6.70. The molecule has 18 heavy (non-hydrogen) atoms. The van der Waals surface area contributed by atoms with Crippen LogP contribution in [-0.4, -0.2) is 13.1 Å². The van der Waals surface area contributed by atoms with Crippen LogP contribution < -0.4 is 4.90 Å². The lowest BCUT2D eigenvalue weighted by Gasteiger charge is -2.37. The molecule has 0 saturated heterocycles. The molecule has 2 rings (SSSR count). The molecule has 3 heteroatoms. The Kier molecular flexibility index (Phi) is 4.50. The van der Waals surface area contributed by atoms with Gasteiger partial charge in [0.05, 0.1) is 5.69 Å². The Morgan fingerprint density at radius 3 is 2.67 bits per heavy atom. The van der Waals surface area contributed by atoms with Crippen molar-refractivity contribution in [3.8, 4) is 0 Å². The van der Waals surface area contributed by atoms with Gasteiger partial charge in [0.1, 0.15) is 5.82 Å². The van der Waals surface area contributed by atoms with Gasteiger partial charge < -0.3 is 4.90 Å². The molecule has 0 heterocycles. The maximum atomic E-state index is 14.1. The third-order valence-electron chi connectivity index (χ3n) is 4.11. The summed E-state index contributed by atoms with van der Waals surface area (Å²) in [5.41, 5.74) is 1.53. The van der Waals surface area contributed by atoms with Crippen molar-refractivity contribution in [1.82, 2.24) is 0 Å². The summed E-state index contributed by atoms with van der Waals surface area (Å²) in [6, 6.07) is 5.77. The molecule has 2 atom stereocenters. The third kappa shape index (κ3) is 2.80. The van der Waals surface area contributed by atoms with Gasteiger partial charge >= 0.3 is 0 Å². The molecule has 0 bridgehead atoms. The Morgan fingerprint density at radius 1 is 1.33 bits per heavy atom. The molecule has 1 aromatic carbocycles. The molecule has 0 aliphatic heterocycles. The van der Waals surface area contributed by atoms with Crippen molar-refractivity contribution in [3.05, 3.63) is 29.6 Å². The predicted molar refractivity (Wildman–Crippen MR) is 75.8 cm³/mol. The highest BCUT2D eigenvalue weighted by atomic mass is 35.5. The van der Waals surface area contributed by atoms with E-state index < -0.39 is 0 Å². The second-order valence-electron chi connectivity index (χ2n) is 5.36. The van der Waals surface area contributed by atoms with E-state index >= 15 is 0 Å². The van der Waals surface area contributed by atoms with Crippen molar-refractivity contribution in [1.29, 1.82) is 0 Å². The zero-order valence-corrected chi connectivity index (χ0v) is 11.9. The van der Waals surface area contributed by atoms with E-state index in [-0.39, 0.29) is 5.82 Å². The molecule has 0 N–H and O–H groups in total. The standard InChI is InChI=1S/C15H21ClFN/c1-11-5-3-4-6-14(11)18(2)15-8-7-12(10-16)9-13(15)17/h7-9,11,14H,3-6,10H2,1-2H3. The van der Waals surface area contributed by atoms with Crippen LogP contribution in [0.4, 0.5) is 10.1 Å². The Hall–Kier alpha value is -0.760. The van der Waals surface area contributed by atoms with Crippen LogP contribution in [0.1, 0.15) is 38.2 Å². The van der Waals surface area contributed by atoms with Crippen LogP contribution in [0.5, 0.6) is 0 Å². The molecule has 2 unspecified atom stereocenters. The first kappa shape index (κ1) is 13.7. The Balaban J connectivity index is 2.19. The SMILES string of the molecule is CC1CCCCC1N(C)c1ccc(CCl)cc1F. The van der Waals surface area contributed by atoms with E-state index in [0.29, 0.717) is 23.5 Å². The van der Waals surface area contributed by atoms with E-state index in [1.807, 2.05) is 19.2 Å². The molecule has 100 valence electrons. The van der Waals surface area contributed by atoms with Crippen molar-refractivity contribution >= 4 is 17.3 Å². The van der Waals surface area contributed by atoms with Gasteiger partial charge in [-0.3, -0.25) is 0 Å².